The highest BCUT2D eigenvalue weighted by atomic mass is 32.1. The summed E-state index contributed by atoms with van der Waals surface area (Å²) in [6.45, 7) is 5.83. The Morgan fingerprint density at radius 1 is 1.14 bits per heavy atom. The molecule has 3 nitrogen and oxygen atoms in total. The van der Waals surface area contributed by atoms with Crippen LogP contribution in [0.25, 0.3) is 0 Å². The highest BCUT2D eigenvalue weighted by molar-refractivity contribution is 7.15. The third-order valence-electron chi connectivity index (χ3n) is 2.99. The molecule has 1 heterocycles. The second kappa shape index (κ2) is 6.01. The maximum Gasteiger partial charge on any atom is 0.416 e. The van der Waals surface area contributed by atoms with Gasteiger partial charge in [0.15, 0.2) is 0 Å². The van der Waals surface area contributed by atoms with E-state index in [4.69, 9.17) is 0 Å². The van der Waals surface area contributed by atoms with E-state index in [1.165, 1.54) is 17.4 Å². The second-order valence-electron chi connectivity index (χ2n) is 5.09. The van der Waals surface area contributed by atoms with Gasteiger partial charge in [0.1, 0.15) is 5.01 Å². The zero-order valence-electron chi connectivity index (χ0n) is 11.9. The minimum absolute atomic E-state index is 0.278. The highest BCUT2D eigenvalue weighted by Crippen LogP contribution is 2.32. The van der Waals surface area contributed by atoms with E-state index in [1.807, 2.05) is 13.8 Å². The molecule has 0 spiro atoms. The number of benzene rings is 1. The fourth-order valence-corrected chi connectivity index (χ4v) is 2.61. The minimum Gasteiger partial charge on any atom is -0.354 e. The van der Waals surface area contributed by atoms with Crippen LogP contribution in [0.1, 0.15) is 48.9 Å². The summed E-state index contributed by atoms with van der Waals surface area (Å²) in [4.78, 5) is 0. The summed E-state index contributed by atoms with van der Waals surface area (Å²) in [7, 11) is 0. The van der Waals surface area contributed by atoms with Crippen LogP contribution < -0.4 is 5.32 Å². The first-order valence-electron chi connectivity index (χ1n) is 6.54. The molecule has 2 rings (SSSR count). The summed E-state index contributed by atoms with van der Waals surface area (Å²) in [6.07, 6.45) is -4.33. The number of nitrogens with one attached hydrogen (secondary N) is 1. The molecule has 0 radical (unpaired) electrons. The molecule has 0 saturated heterocycles. The van der Waals surface area contributed by atoms with E-state index in [9.17, 15) is 13.2 Å². The Hall–Kier alpha value is -1.63. The fraction of sp³-hybridized carbons (Fsp3) is 0.429. The first-order valence-corrected chi connectivity index (χ1v) is 7.36. The third kappa shape index (κ3) is 3.93. The number of hydrogen-bond acceptors (Lipinski definition) is 4. The lowest BCUT2D eigenvalue weighted by atomic mass is 10.1. The van der Waals surface area contributed by atoms with E-state index in [1.54, 1.807) is 13.0 Å². The fourth-order valence-electron chi connectivity index (χ4n) is 1.78. The van der Waals surface area contributed by atoms with Gasteiger partial charge >= 0.3 is 6.18 Å². The van der Waals surface area contributed by atoms with E-state index in [-0.39, 0.29) is 12.0 Å². The number of halogens is 3. The van der Waals surface area contributed by atoms with Crippen LogP contribution in [0.5, 0.6) is 0 Å². The van der Waals surface area contributed by atoms with Gasteiger partial charge in [-0.2, -0.15) is 13.2 Å². The molecule has 0 amide bonds. The maximum atomic E-state index is 12.7. The standard InChI is InChI=1S/C14H16F3N3S/c1-8(2)12-19-20-13(21-12)18-9(3)10-5-4-6-11(7-10)14(15,16)17/h4-9H,1-3H3,(H,18,20). The molecule has 114 valence electrons. The maximum absolute atomic E-state index is 12.7. The average molecular weight is 315 g/mol. The smallest absolute Gasteiger partial charge is 0.354 e. The summed E-state index contributed by atoms with van der Waals surface area (Å²) in [5, 5.41) is 12.7. The van der Waals surface area contributed by atoms with Gasteiger partial charge in [-0.1, -0.05) is 37.3 Å². The average Bonchev–Trinajstić information content (AvgIpc) is 2.86. The van der Waals surface area contributed by atoms with Crippen LogP contribution in [0.2, 0.25) is 0 Å². The number of anilines is 1. The largest absolute Gasteiger partial charge is 0.416 e. The molecule has 21 heavy (non-hydrogen) atoms. The van der Waals surface area contributed by atoms with Crippen LogP contribution in [0.4, 0.5) is 18.3 Å². The Kier molecular flexibility index (Phi) is 4.51. The highest BCUT2D eigenvalue weighted by Gasteiger charge is 2.30. The normalized spacial score (nSPS) is 13.5. The predicted molar refractivity (Wildman–Crippen MR) is 77.5 cm³/mol. The Morgan fingerprint density at radius 3 is 2.43 bits per heavy atom. The molecule has 0 saturated carbocycles. The number of rotatable bonds is 4. The van der Waals surface area contributed by atoms with Gasteiger partial charge in [0.2, 0.25) is 5.13 Å². The molecule has 2 aromatic rings. The van der Waals surface area contributed by atoms with Crippen LogP contribution in [0, 0.1) is 0 Å². The van der Waals surface area contributed by atoms with Crippen molar-refractivity contribution in [2.45, 2.75) is 38.9 Å². The van der Waals surface area contributed by atoms with Gasteiger partial charge in [-0.25, -0.2) is 0 Å². The molecule has 1 N–H and O–H groups in total. The lowest BCUT2D eigenvalue weighted by Crippen LogP contribution is -2.10. The van der Waals surface area contributed by atoms with Crippen molar-refractivity contribution in [1.82, 2.24) is 10.2 Å². The molecule has 1 atom stereocenters. The molecule has 0 aliphatic rings. The second-order valence-corrected chi connectivity index (χ2v) is 6.10. The Balaban J connectivity index is 2.14. The zero-order chi connectivity index (χ0) is 15.6. The van der Waals surface area contributed by atoms with Crippen molar-refractivity contribution < 1.29 is 13.2 Å². The lowest BCUT2D eigenvalue weighted by molar-refractivity contribution is -0.137. The first kappa shape index (κ1) is 15.8. The van der Waals surface area contributed by atoms with E-state index >= 15 is 0 Å². The number of hydrogen-bond donors (Lipinski definition) is 1. The van der Waals surface area contributed by atoms with Crippen molar-refractivity contribution in [3.63, 3.8) is 0 Å². The molecule has 0 bridgehead atoms. The summed E-state index contributed by atoms with van der Waals surface area (Å²) in [5.74, 6) is 0.280. The molecule has 7 heteroatoms. The Bertz CT molecular complexity index is 608. The number of nitrogens with zero attached hydrogens (tertiary/aromatic N) is 2. The van der Waals surface area contributed by atoms with Crippen LogP contribution in [0.3, 0.4) is 0 Å². The molecule has 1 aromatic heterocycles. The first-order chi connectivity index (χ1) is 9.77. The Morgan fingerprint density at radius 2 is 1.86 bits per heavy atom. The zero-order valence-corrected chi connectivity index (χ0v) is 12.7. The van der Waals surface area contributed by atoms with Crippen molar-refractivity contribution in [3.8, 4) is 0 Å². The molecular formula is C14H16F3N3S. The van der Waals surface area contributed by atoms with Gasteiger partial charge in [0.25, 0.3) is 0 Å². The topological polar surface area (TPSA) is 37.8 Å². The van der Waals surface area contributed by atoms with Crippen LogP contribution >= 0.6 is 11.3 Å². The predicted octanol–water partition coefficient (Wildman–Crippen LogP) is 4.85. The molecule has 0 fully saturated rings. The summed E-state index contributed by atoms with van der Waals surface area (Å²) >= 11 is 1.42. The molecule has 0 aliphatic carbocycles. The summed E-state index contributed by atoms with van der Waals surface area (Å²) in [5.41, 5.74) is -0.0834. The molecule has 0 aliphatic heterocycles. The van der Waals surface area contributed by atoms with Gasteiger partial charge in [0.05, 0.1) is 11.6 Å². The minimum atomic E-state index is -4.33. The SMILES string of the molecule is CC(C)c1nnc(NC(C)c2cccc(C(F)(F)F)c2)s1. The van der Waals surface area contributed by atoms with Gasteiger partial charge < -0.3 is 5.32 Å². The van der Waals surface area contributed by atoms with Crippen molar-refractivity contribution in [2.75, 3.05) is 5.32 Å². The van der Waals surface area contributed by atoms with Crippen molar-refractivity contribution in [2.24, 2.45) is 0 Å². The van der Waals surface area contributed by atoms with E-state index in [2.05, 4.69) is 15.5 Å². The van der Waals surface area contributed by atoms with Crippen molar-refractivity contribution in [3.05, 3.63) is 40.4 Å². The quantitative estimate of drug-likeness (QED) is 0.876. The molecular weight excluding hydrogens is 299 g/mol. The van der Waals surface area contributed by atoms with Crippen molar-refractivity contribution in [1.29, 1.82) is 0 Å². The van der Waals surface area contributed by atoms with E-state index in [0.29, 0.717) is 10.7 Å². The summed E-state index contributed by atoms with van der Waals surface area (Å²) in [6, 6.07) is 5.02. The monoisotopic (exact) mass is 315 g/mol. The number of aromatic nitrogens is 2. The van der Waals surface area contributed by atoms with Crippen molar-refractivity contribution >= 4 is 16.5 Å². The number of alkyl halides is 3. The van der Waals surface area contributed by atoms with Crippen LogP contribution in [-0.2, 0) is 6.18 Å². The summed E-state index contributed by atoms with van der Waals surface area (Å²) < 4.78 is 38.1. The van der Waals surface area contributed by atoms with Crippen LogP contribution in [-0.4, -0.2) is 10.2 Å². The van der Waals surface area contributed by atoms with E-state index in [0.717, 1.165) is 17.1 Å². The van der Waals surface area contributed by atoms with Gasteiger partial charge in [-0.05, 0) is 24.6 Å². The lowest BCUT2D eigenvalue weighted by Gasteiger charge is -2.15. The van der Waals surface area contributed by atoms with Gasteiger partial charge in [-0.15, -0.1) is 10.2 Å². The third-order valence-corrected chi connectivity index (χ3v) is 4.14. The van der Waals surface area contributed by atoms with Gasteiger partial charge in [0, 0.05) is 5.92 Å². The Labute approximate surface area is 125 Å². The molecule has 1 aromatic carbocycles. The molecule has 1 unspecified atom stereocenters. The van der Waals surface area contributed by atoms with E-state index < -0.39 is 11.7 Å². The van der Waals surface area contributed by atoms with Crippen LogP contribution in [0.15, 0.2) is 24.3 Å². The van der Waals surface area contributed by atoms with Gasteiger partial charge in [-0.3, -0.25) is 0 Å².